The third-order valence-electron chi connectivity index (χ3n) is 5.30. The standard InChI is InChI=1S/C20H28N6/c1-21-20(22-15-17-16-26-10-6-5-9-19(26)23-17)25-13-11-24(12-14-25)18-7-3-2-4-8-18/h2-4,7-8,16H,5-6,9-15H2,1H3,(H,21,22). The molecule has 0 atom stereocenters. The molecular formula is C20H28N6. The molecule has 138 valence electrons. The lowest BCUT2D eigenvalue weighted by molar-refractivity contribution is 0.372. The van der Waals surface area contributed by atoms with E-state index in [0.717, 1.165) is 57.3 Å². The topological polar surface area (TPSA) is 48.7 Å². The van der Waals surface area contributed by atoms with Crippen molar-refractivity contribution in [3.05, 3.63) is 48.0 Å². The van der Waals surface area contributed by atoms with Gasteiger partial charge in [-0.15, -0.1) is 0 Å². The fraction of sp³-hybridized carbons (Fsp3) is 0.500. The molecule has 0 unspecified atom stereocenters. The van der Waals surface area contributed by atoms with Gasteiger partial charge in [-0.3, -0.25) is 4.99 Å². The quantitative estimate of drug-likeness (QED) is 0.679. The van der Waals surface area contributed by atoms with Gasteiger partial charge in [0.05, 0.1) is 12.2 Å². The molecule has 0 saturated carbocycles. The molecule has 3 heterocycles. The summed E-state index contributed by atoms with van der Waals surface area (Å²) in [4.78, 5) is 14.0. The molecule has 0 radical (unpaired) electrons. The Hall–Kier alpha value is -2.50. The smallest absolute Gasteiger partial charge is 0.194 e. The number of para-hydroxylation sites is 1. The van der Waals surface area contributed by atoms with Crippen LogP contribution in [-0.2, 0) is 19.5 Å². The van der Waals surface area contributed by atoms with E-state index in [9.17, 15) is 0 Å². The highest BCUT2D eigenvalue weighted by Gasteiger charge is 2.20. The van der Waals surface area contributed by atoms with Crippen LogP contribution in [-0.4, -0.2) is 53.6 Å². The molecule has 1 fully saturated rings. The van der Waals surface area contributed by atoms with E-state index in [1.165, 1.54) is 24.4 Å². The predicted molar refractivity (Wildman–Crippen MR) is 106 cm³/mol. The van der Waals surface area contributed by atoms with Crippen LogP contribution in [0.15, 0.2) is 41.5 Å². The maximum atomic E-state index is 4.77. The summed E-state index contributed by atoms with van der Waals surface area (Å²) in [6.07, 6.45) is 5.83. The number of aryl methyl sites for hydroxylation is 2. The lowest BCUT2D eigenvalue weighted by Gasteiger charge is -2.37. The molecule has 1 saturated heterocycles. The Morgan fingerprint density at radius 1 is 1.08 bits per heavy atom. The number of aliphatic imine (C=N–C) groups is 1. The van der Waals surface area contributed by atoms with Gasteiger partial charge in [0.15, 0.2) is 5.96 Å². The summed E-state index contributed by atoms with van der Waals surface area (Å²) in [5.41, 5.74) is 2.42. The summed E-state index contributed by atoms with van der Waals surface area (Å²) in [5.74, 6) is 2.21. The van der Waals surface area contributed by atoms with Gasteiger partial charge in [-0.1, -0.05) is 18.2 Å². The summed E-state index contributed by atoms with van der Waals surface area (Å²) in [6.45, 7) is 5.85. The van der Waals surface area contributed by atoms with Crippen molar-refractivity contribution in [2.45, 2.75) is 32.4 Å². The van der Waals surface area contributed by atoms with Crippen molar-refractivity contribution in [3.63, 3.8) is 0 Å². The summed E-state index contributed by atoms with van der Waals surface area (Å²) in [5, 5.41) is 3.50. The van der Waals surface area contributed by atoms with E-state index in [4.69, 9.17) is 4.98 Å². The number of fused-ring (bicyclic) bond motifs is 1. The van der Waals surface area contributed by atoms with Crippen molar-refractivity contribution in [2.75, 3.05) is 38.1 Å². The molecule has 2 aliphatic heterocycles. The van der Waals surface area contributed by atoms with Crippen molar-refractivity contribution in [3.8, 4) is 0 Å². The van der Waals surface area contributed by atoms with Crippen molar-refractivity contribution in [1.82, 2.24) is 19.8 Å². The van der Waals surface area contributed by atoms with Crippen molar-refractivity contribution < 1.29 is 0 Å². The third kappa shape index (κ3) is 3.69. The second-order valence-electron chi connectivity index (χ2n) is 7.01. The van der Waals surface area contributed by atoms with E-state index in [0.29, 0.717) is 0 Å². The van der Waals surface area contributed by atoms with E-state index in [2.05, 4.69) is 61.2 Å². The normalized spacial score (nSPS) is 18.0. The number of nitrogens with one attached hydrogen (secondary N) is 1. The molecular weight excluding hydrogens is 324 g/mol. The molecule has 26 heavy (non-hydrogen) atoms. The molecule has 1 aromatic carbocycles. The van der Waals surface area contributed by atoms with Crippen LogP contribution in [0.5, 0.6) is 0 Å². The second kappa shape index (κ2) is 7.81. The number of benzene rings is 1. The molecule has 2 aliphatic rings. The highest BCUT2D eigenvalue weighted by molar-refractivity contribution is 5.80. The van der Waals surface area contributed by atoms with Crippen LogP contribution < -0.4 is 10.2 Å². The first-order valence-electron chi connectivity index (χ1n) is 9.64. The molecule has 4 rings (SSSR count). The first-order valence-corrected chi connectivity index (χ1v) is 9.64. The fourth-order valence-corrected chi connectivity index (χ4v) is 3.87. The van der Waals surface area contributed by atoms with Gasteiger partial charge in [-0.2, -0.15) is 0 Å². The number of aromatic nitrogens is 2. The SMILES string of the molecule is CN=C(NCc1cn2c(n1)CCCC2)N1CCN(c2ccccc2)CC1. The lowest BCUT2D eigenvalue weighted by atomic mass is 10.2. The second-order valence-corrected chi connectivity index (χ2v) is 7.01. The van der Waals surface area contributed by atoms with E-state index < -0.39 is 0 Å². The summed E-state index contributed by atoms with van der Waals surface area (Å²) < 4.78 is 2.31. The van der Waals surface area contributed by atoms with Crippen LogP contribution in [0.3, 0.4) is 0 Å². The molecule has 6 nitrogen and oxygen atoms in total. The highest BCUT2D eigenvalue weighted by atomic mass is 15.3. The zero-order chi connectivity index (χ0) is 17.8. The largest absolute Gasteiger partial charge is 0.368 e. The Bertz CT molecular complexity index is 719. The van der Waals surface area contributed by atoms with Gasteiger partial charge in [-0.05, 0) is 25.0 Å². The van der Waals surface area contributed by atoms with Gasteiger partial charge in [0.2, 0.25) is 0 Å². The predicted octanol–water partition coefficient (Wildman–Crippen LogP) is 2.12. The number of piperazine rings is 1. The van der Waals surface area contributed by atoms with Crippen molar-refractivity contribution in [1.29, 1.82) is 0 Å². The Morgan fingerprint density at radius 3 is 2.62 bits per heavy atom. The molecule has 2 aromatic rings. The summed E-state index contributed by atoms with van der Waals surface area (Å²) >= 11 is 0. The first kappa shape index (κ1) is 16.9. The highest BCUT2D eigenvalue weighted by Crippen LogP contribution is 2.16. The lowest BCUT2D eigenvalue weighted by Crippen LogP contribution is -2.52. The van der Waals surface area contributed by atoms with Crippen LogP contribution in [0.1, 0.15) is 24.4 Å². The van der Waals surface area contributed by atoms with Gasteiger partial charge in [-0.25, -0.2) is 4.98 Å². The minimum Gasteiger partial charge on any atom is -0.368 e. The first-order chi connectivity index (χ1) is 12.8. The van der Waals surface area contributed by atoms with Crippen molar-refractivity contribution >= 4 is 11.6 Å². The molecule has 0 bridgehead atoms. The molecule has 6 heteroatoms. The maximum absolute atomic E-state index is 4.77. The Labute approximate surface area is 155 Å². The number of hydrogen-bond donors (Lipinski definition) is 1. The Kier molecular flexibility index (Phi) is 5.09. The van der Waals surface area contributed by atoms with Crippen LogP contribution in [0.2, 0.25) is 0 Å². The van der Waals surface area contributed by atoms with Crippen molar-refractivity contribution in [2.24, 2.45) is 4.99 Å². The summed E-state index contributed by atoms with van der Waals surface area (Å²) in [7, 11) is 1.87. The minimum absolute atomic E-state index is 0.742. The van der Waals surface area contributed by atoms with Gasteiger partial charge >= 0.3 is 0 Å². The van der Waals surface area contributed by atoms with Gasteiger partial charge in [0.25, 0.3) is 0 Å². The van der Waals surface area contributed by atoms with Gasteiger partial charge in [0, 0.05) is 58.1 Å². The van der Waals surface area contributed by atoms with Crippen LogP contribution in [0, 0.1) is 0 Å². The number of anilines is 1. The average Bonchev–Trinajstić information content (AvgIpc) is 3.12. The monoisotopic (exact) mass is 352 g/mol. The van der Waals surface area contributed by atoms with E-state index in [1.54, 1.807) is 0 Å². The zero-order valence-electron chi connectivity index (χ0n) is 15.6. The maximum Gasteiger partial charge on any atom is 0.194 e. The van der Waals surface area contributed by atoms with E-state index in [1.807, 2.05) is 7.05 Å². The number of rotatable bonds is 3. The molecule has 0 spiro atoms. The zero-order valence-corrected chi connectivity index (χ0v) is 15.6. The number of hydrogen-bond acceptors (Lipinski definition) is 3. The average molecular weight is 352 g/mol. The number of guanidine groups is 1. The van der Waals surface area contributed by atoms with Gasteiger partial charge in [0.1, 0.15) is 5.82 Å². The van der Waals surface area contributed by atoms with Crippen LogP contribution in [0.4, 0.5) is 5.69 Å². The van der Waals surface area contributed by atoms with E-state index >= 15 is 0 Å². The fourth-order valence-electron chi connectivity index (χ4n) is 3.87. The Balaban J connectivity index is 1.31. The van der Waals surface area contributed by atoms with Crippen LogP contribution in [0.25, 0.3) is 0 Å². The molecule has 1 aromatic heterocycles. The third-order valence-corrected chi connectivity index (χ3v) is 5.30. The van der Waals surface area contributed by atoms with Gasteiger partial charge < -0.3 is 19.7 Å². The minimum atomic E-state index is 0.742. The Morgan fingerprint density at radius 2 is 1.88 bits per heavy atom. The van der Waals surface area contributed by atoms with E-state index in [-0.39, 0.29) is 0 Å². The number of imidazole rings is 1. The molecule has 1 N–H and O–H groups in total. The molecule has 0 amide bonds. The summed E-state index contributed by atoms with van der Waals surface area (Å²) in [6, 6.07) is 10.6. The molecule has 0 aliphatic carbocycles. The van der Waals surface area contributed by atoms with Crippen LogP contribution >= 0.6 is 0 Å². The number of nitrogens with zero attached hydrogens (tertiary/aromatic N) is 5.